The number of hydrogen-bond donors (Lipinski definition) is 2. The molecule has 0 aliphatic carbocycles. The zero-order valence-corrected chi connectivity index (χ0v) is 11.0. The van der Waals surface area contributed by atoms with Gasteiger partial charge < -0.3 is 10.4 Å². The van der Waals surface area contributed by atoms with Gasteiger partial charge in [-0.05, 0) is 24.3 Å². The average molecular weight is 302 g/mol. The first kappa shape index (κ1) is 14.7. The van der Waals surface area contributed by atoms with Crippen molar-refractivity contribution in [2.24, 2.45) is 0 Å². The predicted octanol–water partition coefficient (Wildman–Crippen LogP) is 3.90. The largest absolute Gasteiger partial charge is 0.386 e. The van der Waals surface area contributed by atoms with E-state index in [4.69, 9.17) is 11.6 Å². The van der Waals surface area contributed by atoms with E-state index in [1.165, 1.54) is 18.2 Å². The quantitative estimate of drug-likeness (QED) is 0.897. The molecule has 0 fully saturated rings. The second-order valence-corrected chi connectivity index (χ2v) is 4.59. The summed E-state index contributed by atoms with van der Waals surface area (Å²) in [6.07, 6.45) is -1.18. The van der Waals surface area contributed by atoms with E-state index in [2.05, 4.69) is 5.32 Å². The van der Waals surface area contributed by atoms with Gasteiger partial charge in [-0.25, -0.2) is 13.2 Å². The van der Waals surface area contributed by atoms with Gasteiger partial charge in [0.25, 0.3) is 0 Å². The second-order valence-electron chi connectivity index (χ2n) is 4.19. The van der Waals surface area contributed by atoms with Crippen LogP contribution in [0, 0.1) is 17.5 Å². The lowest BCUT2D eigenvalue weighted by Gasteiger charge is -2.14. The fourth-order valence-electron chi connectivity index (χ4n) is 1.72. The highest BCUT2D eigenvalue weighted by Gasteiger charge is 2.14. The zero-order chi connectivity index (χ0) is 14.7. The molecule has 0 bridgehead atoms. The van der Waals surface area contributed by atoms with Crippen molar-refractivity contribution in [1.82, 2.24) is 0 Å². The molecule has 20 heavy (non-hydrogen) atoms. The van der Waals surface area contributed by atoms with E-state index in [1.54, 1.807) is 0 Å². The first-order valence-corrected chi connectivity index (χ1v) is 6.17. The molecule has 0 spiro atoms. The van der Waals surface area contributed by atoms with Crippen LogP contribution in [0.15, 0.2) is 36.4 Å². The van der Waals surface area contributed by atoms with E-state index < -0.39 is 23.6 Å². The molecule has 2 nitrogen and oxygen atoms in total. The molecule has 2 rings (SSSR count). The van der Waals surface area contributed by atoms with Crippen molar-refractivity contribution < 1.29 is 18.3 Å². The number of nitrogens with one attached hydrogen (secondary N) is 1. The maximum Gasteiger partial charge on any atom is 0.131 e. The molecule has 0 aliphatic rings. The lowest BCUT2D eigenvalue weighted by atomic mass is 10.1. The van der Waals surface area contributed by atoms with Gasteiger partial charge in [0.15, 0.2) is 0 Å². The van der Waals surface area contributed by atoms with Crippen LogP contribution in [0.5, 0.6) is 0 Å². The fourth-order valence-corrected chi connectivity index (χ4v) is 1.96. The molecule has 1 unspecified atom stereocenters. The number of aliphatic hydroxyl groups excluding tert-OH is 1. The van der Waals surface area contributed by atoms with E-state index in [-0.39, 0.29) is 17.1 Å². The van der Waals surface area contributed by atoms with Crippen LogP contribution in [-0.2, 0) is 0 Å². The molecule has 6 heteroatoms. The van der Waals surface area contributed by atoms with Gasteiger partial charge in [0, 0.05) is 18.2 Å². The number of aliphatic hydroxyl groups is 1. The van der Waals surface area contributed by atoms with E-state index in [0.29, 0.717) is 11.8 Å². The van der Waals surface area contributed by atoms with Gasteiger partial charge in [-0.1, -0.05) is 17.7 Å². The summed E-state index contributed by atoms with van der Waals surface area (Å²) >= 11 is 5.80. The van der Waals surface area contributed by atoms with Crippen molar-refractivity contribution in [3.8, 4) is 0 Å². The Kier molecular flexibility index (Phi) is 4.52. The van der Waals surface area contributed by atoms with Crippen LogP contribution >= 0.6 is 11.6 Å². The molecule has 0 radical (unpaired) electrons. The van der Waals surface area contributed by atoms with Crippen molar-refractivity contribution in [2.45, 2.75) is 6.10 Å². The molecule has 0 aromatic heterocycles. The molecule has 0 saturated carbocycles. The van der Waals surface area contributed by atoms with E-state index in [9.17, 15) is 18.3 Å². The van der Waals surface area contributed by atoms with Crippen molar-refractivity contribution in [3.05, 3.63) is 64.4 Å². The molecule has 0 heterocycles. The summed E-state index contributed by atoms with van der Waals surface area (Å²) < 4.78 is 39.1. The molecule has 2 aromatic carbocycles. The van der Waals surface area contributed by atoms with Crippen molar-refractivity contribution in [1.29, 1.82) is 0 Å². The predicted molar refractivity (Wildman–Crippen MR) is 71.2 cm³/mol. The molecule has 2 N–H and O–H groups in total. The first-order chi connectivity index (χ1) is 9.47. The number of hydrogen-bond acceptors (Lipinski definition) is 2. The summed E-state index contributed by atoms with van der Waals surface area (Å²) in [6.45, 7) is -0.0477. The van der Waals surface area contributed by atoms with Gasteiger partial charge in [-0.2, -0.15) is 0 Å². The van der Waals surface area contributed by atoms with Crippen molar-refractivity contribution in [2.75, 3.05) is 11.9 Å². The first-order valence-electron chi connectivity index (χ1n) is 5.79. The van der Waals surface area contributed by atoms with Crippen LogP contribution in [0.3, 0.4) is 0 Å². The lowest BCUT2D eigenvalue weighted by molar-refractivity contribution is 0.186. The molecule has 0 aliphatic heterocycles. The molecule has 0 amide bonds. The SMILES string of the molecule is OC(CNc1ccc(F)cc1Cl)c1ccc(F)cc1F. The third-order valence-electron chi connectivity index (χ3n) is 2.74. The maximum absolute atomic E-state index is 13.5. The van der Waals surface area contributed by atoms with Crippen LogP contribution in [-0.4, -0.2) is 11.7 Å². The minimum atomic E-state index is -1.18. The Bertz CT molecular complexity index is 621. The normalized spacial score (nSPS) is 12.2. The highest BCUT2D eigenvalue weighted by molar-refractivity contribution is 6.33. The Balaban J connectivity index is 2.06. The maximum atomic E-state index is 13.5. The van der Waals surface area contributed by atoms with Crippen LogP contribution in [0.1, 0.15) is 11.7 Å². The van der Waals surface area contributed by atoms with E-state index in [0.717, 1.165) is 12.1 Å². The van der Waals surface area contributed by atoms with Crippen molar-refractivity contribution >= 4 is 17.3 Å². The summed E-state index contributed by atoms with van der Waals surface area (Å²) in [5.74, 6) is -2.02. The number of anilines is 1. The fraction of sp³-hybridized carbons (Fsp3) is 0.143. The molecule has 0 saturated heterocycles. The summed E-state index contributed by atoms with van der Waals surface area (Å²) in [5.41, 5.74) is 0.381. The minimum Gasteiger partial charge on any atom is -0.386 e. The van der Waals surface area contributed by atoms with Crippen molar-refractivity contribution in [3.63, 3.8) is 0 Å². The Hall–Kier alpha value is -1.72. The number of halogens is 4. The Morgan fingerprint density at radius 3 is 2.35 bits per heavy atom. The highest BCUT2D eigenvalue weighted by Crippen LogP contribution is 2.24. The van der Waals surface area contributed by atoms with Gasteiger partial charge in [0.1, 0.15) is 17.5 Å². The summed E-state index contributed by atoms with van der Waals surface area (Å²) in [5, 5.41) is 12.8. The van der Waals surface area contributed by atoms with Gasteiger partial charge in [-0.3, -0.25) is 0 Å². The summed E-state index contributed by atoms with van der Waals surface area (Å²) in [4.78, 5) is 0. The third kappa shape index (κ3) is 3.43. The lowest BCUT2D eigenvalue weighted by Crippen LogP contribution is -2.14. The zero-order valence-electron chi connectivity index (χ0n) is 10.2. The van der Waals surface area contributed by atoms with Gasteiger partial charge in [0.05, 0.1) is 16.8 Å². The number of benzene rings is 2. The van der Waals surface area contributed by atoms with Crippen LogP contribution in [0.2, 0.25) is 5.02 Å². The van der Waals surface area contributed by atoms with Crippen LogP contribution < -0.4 is 5.32 Å². The average Bonchev–Trinajstić information content (AvgIpc) is 2.37. The summed E-state index contributed by atoms with van der Waals surface area (Å²) in [6, 6.07) is 6.67. The minimum absolute atomic E-state index is 0.0304. The second kappa shape index (κ2) is 6.15. The Morgan fingerprint density at radius 2 is 1.70 bits per heavy atom. The molecular weight excluding hydrogens is 291 g/mol. The topological polar surface area (TPSA) is 32.3 Å². The standard InChI is InChI=1S/C14H11ClF3NO/c15-11-5-8(16)2-4-13(11)19-7-14(20)10-3-1-9(17)6-12(10)18/h1-6,14,19-20H,7H2. The van der Waals surface area contributed by atoms with Crippen LogP contribution in [0.4, 0.5) is 18.9 Å². The monoisotopic (exact) mass is 301 g/mol. The molecule has 106 valence electrons. The number of rotatable bonds is 4. The molecule has 1 atom stereocenters. The third-order valence-corrected chi connectivity index (χ3v) is 3.05. The van der Waals surface area contributed by atoms with Gasteiger partial charge in [0.2, 0.25) is 0 Å². The van der Waals surface area contributed by atoms with E-state index in [1.807, 2.05) is 0 Å². The smallest absolute Gasteiger partial charge is 0.131 e. The Morgan fingerprint density at radius 1 is 1.05 bits per heavy atom. The Labute approximate surface area is 118 Å². The van der Waals surface area contributed by atoms with Crippen LogP contribution in [0.25, 0.3) is 0 Å². The van der Waals surface area contributed by atoms with Gasteiger partial charge >= 0.3 is 0 Å². The van der Waals surface area contributed by atoms with Gasteiger partial charge in [-0.15, -0.1) is 0 Å². The van der Waals surface area contributed by atoms with E-state index >= 15 is 0 Å². The molecular formula is C14H11ClF3NO. The summed E-state index contributed by atoms with van der Waals surface area (Å²) in [7, 11) is 0. The highest BCUT2D eigenvalue weighted by atomic mass is 35.5. The molecule has 2 aromatic rings.